The average molecular weight is 290 g/mol. The molecule has 0 spiro atoms. The van der Waals surface area contributed by atoms with Gasteiger partial charge in [-0.1, -0.05) is 31.2 Å². The molecular formula is C19H34N2. The van der Waals surface area contributed by atoms with Crippen molar-refractivity contribution >= 4 is 0 Å². The topological polar surface area (TPSA) is 15.3 Å². The number of benzene rings is 1. The first-order valence-corrected chi connectivity index (χ1v) is 8.18. The summed E-state index contributed by atoms with van der Waals surface area (Å²) in [6.07, 6.45) is 2.26. The van der Waals surface area contributed by atoms with Crippen LogP contribution < -0.4 is 5.32 Å². The molecule has 0 saturated carbocycles. The molecule has 0 radical (unpaired) electrons. The molecule has 21 heavy (non-hydrogen) atoms. The van der Waals surface area contributed by atoms with Crippen molar-refractivity contribution in [3.8, 4) is 0 Å². The predicted molar refractivity (Wildman–Crippen MR) is 93.7 cm³/mol. The quantitative estimate of drug-likeness (QED) is 0.808. The fourth-order valence-corrected chi connectivity index (χ4v) is 2.15. The molecule has 0 unspecified atom stereocenters. The van der Waals surface area contributed by atoms with Gasteiger partial charge in [0.25, 0.3) is 0 Å². The second-order valence-corrected chi connectivity index (χ2v) is 7.77. The van der Waals surface area contributed by atoms with Crippen LogP contribution in [0.5, 0.6) is 0 Å². The summed E-state index contributed by atoms with van der Waals surface area (Å²) in [4.78, 5) is 2.43. The van der Waals surface area contributed by atoms with Gasteiger partial charge in [0, 0.05) is 17.6 Å². The van der Waals surface area contributed by atoms with E-state index >= 15 is 0 Å². The SMILES string of the molecule is CCC(C)(C)N(C)Cc1ccc(CCNC(C)(C)C)cc1. The summed E-state index contributed by atoms with van der Waals surface area (Å²) in [7, 11) is 2.21. The Balaban J connectivity index is 2.51. The van der Waals surface area contributed by atoms with E-state index in [1.165, 1.54) is 17.5 Å². The van der Waals surface area contributed by atoms with Crippen LogP contribution >= 0.6 is 0 Å². The minimum atomic E-state index is 0.203. The lowest BCUT2D eigenvalue weighted by atomic mass is 9.99. The maximum Gasteiger partial charge on any atom is 0.0235 e. The third-order valence-corrected chi connectivity index (χ3v) is 4.41. The van der Waals surface area contributed by atoms with Gasteiger partial charge in [-0.3, -0.25) is 4.90 Å². The molecular weight excluding hydrogens is 256 g/mol. The van der Waals surface area contributed by atoms with E-state index in [2.05, 4.69) is 83.1 Å². The van der Waals surface area contributed by atoms with Crippen molar-refractivity contribution in [2.75, 3.05) is 13.6 Å². The molecule has 0 saturated heterocycles. The minimum Gasteiger partial charge on any atom is -0.312 e. The highest BCUT2D eigenvalue weighted by Gasteiger charge is 2.20. The minimum absolute atomic E-state index is 0.203. The van der Waals surface area contributed by atoms with Crippen molar-refractivity contribution in [1.82, 2.24) is 10.2 Å². The van der Waals surface area contributed by atoms with Gasteiger partial charge in [-0.05, 0) is 72.2 Å². The fourth-order valence-electron chi connectivity index (χ4n) is 2.15. The van der Waals surface area contributed by atoms with Gasteiger partial charge >= 0.3 is 0 Å². The third-order valence-electron chi connectivity index (χ3n) is 4.41. The van der Waals surface area contributed by atoms with Crippen LogP contribution in [0.2, 0.25) is 0 Å². The van der Waals surface area contributed by atoms with Gasteiger partial charge in [-0.15, -0.1) is 0 Å². The van der Waals surface area contributed by atoms with Gasteiger partial charge in [0.1, 0.15) is 0 Å². The first-order chi connectivity index (χ1) is 9.64. The summed E-state index contributed by atoms with van der Waals surface area (Å²) in [6.45, 7) is 15.5. The van der Waals surface area contributed by atoms with Crippen LogP contribution in [-0.2, 0) is 13.0 Å². The van der Waals surface area contributed by atoms with Crippen LogP contribution in [0.25, 0.3) is 0 Å². The summed E-state index contributed by atoms with van der Waals surface area (Å²) in [5.41, 5.74) is 3.27. The molecule has 0 bridgehead atoms. The summed E-state index contributed by atoms with van der Waals surface area (Å²) in [5, 5.41) is 3.54. The van der Waals surface area contributed by atoms with Crippen LogP contribution in [-0.4, -0.2) is 29.6 Å². The van der Waals surface area contributed by atoms with E-state index in [0.717, 1.165) is 19.5 Å². The predicted octanol–water partition coefficient (Wildman–Crippen LogP) is 4.24. The molecule has 0 aliphatic heterocycles. The van der Waals surface area contributed by atoms with Crippen molar-refractivity contribution in [3.63, 3.8) is 0 Å². The molecule has 0 aliphatic carbocycles. The molecule has 120 valence electrons. The normalized spacial score (nSPS) is 13.0. The lowest BCUT2D eigenvalue weighted by Crippen LogP contribution is -2.39. The molecule has 0 amide bonds. The third kappa shape index (κ3) is 6.62. The van der Waals surface area contributed by atoms with Crippen molar-refractivity contribution in [2.45, 2.75) is 72.0 Å². The van der Waals surface area contributed by atoms with Crippen molar-refractivity contribution in [2.24, 2.45) is 0 Å². The van der Waals surface area contributed by atoms with Crippen LogP contribution in [0.15, 0.2) is 24.3 Å². The van der Waals surface area contributed by atoms with E-state index in [1.54, 1.807) is 0 Å². The standard InChI is InChI=1S/C19H34N2/c1-8-19(5,6)21(7)15-17-11-9-16(10-12-17)13-14-20-18(2,3)4/h9-12,20H,8,13-15H2,1-7H3. The number of nitrogens with zero attached hydrogens (tertiary/aromatic N) is 1. The Labute approximate surface area is 131 Å². The van der Waals surface area contributed by atoms with Gasteiger partial charge in [0.2, 0.25) is 0 Å². The zero-order chi connectivity index (χ0) is 16.1. The van der Waals surface area contributed by atoms with Gasteiger partial charge in [-0.25, -0.2) is 0 Å². The second-order valence-electron chi connectivity index (χ2n) is 7.77. The lowest BCUT2D eigenvalue weighted by molar-refractivity contribution is 0.143. The molecule has 0 fully saturated rings. The van der Waals surface area contributed by atoms with E-state index in [0.29, 0.717) is 0 Å². The monoisotopic (exact) mass is 290 g/mol. The zero-order valence-corrected chi connectivity index (χ0v) is 15.1. The summed E-state index contributed by atoms with van der Waals surface area (Å²) in [6, 6.07) is 9.09. The van der Waals surface area contributed by atoms with Crippen molar-refractivity contribution in [3.05, 3.63) is 35.4 Å². The van der Waals surface area contributed by atoms with Crippen molar-refractivity contribution in [1.29, 1.82) is 0 Å². The molecule has 0 aliphatic rings. The lowest BCUT2D eigenvalue weighted by Gasteiger charge is -2.34. The fraction of sp³-hybridized carbons (Fsp3) is 0.684. The Morgan fingerprint density at radius 2 is 1.48 bits per heavy atom. The molecule has 0 aromatic heterocycles. The Hall–Kier alpha value is -0.860. The van der Waals surface area contributed by atoms with Crippen LogP contribution in [0.1, 0.15) is 59.1 Å². The first kappa shape index (κ1) is 18.2. The molecule has 0 atom stereocenters. The Kier molecular flexibility index (Phi) is 6.42. The highest BCUT2D eigenvalue weighted by molar-refractivity contribution is 5.23. The van der Waals surface area contributed by atoms with Crippen molar-refractivity contribution < 1.29 is 0 Å². The number of hydrogen-bond donors (Lipinski definition) is 1. The van der Waals surface area contributed by atoms with Crippen LogP contribution in [0.4, 0.5) is 0 Å². The number of nitrogens with one attached hydrogen (secondary N) is 1. The number of hydrogen-bond acceptors (Lipinski definition) is 2. The van der Waals surface area contributed by atoms with E-state index < -0.39 is 0 Å². The second kappa shape index (κ2) is 7.42. The van der Waals surface area contributed by atoms with Crippen LogP contribution in [0.3, 0.4) is 0 Å². The Morgan fingerprint density at radius 1 is 0.952 bits per heavy atom. The average Bonchev–Trinajstić information content (AvgIpc) is 2.39. The first-order valence-electron chi connectivity index (χ1n) is 8.18. The maximum atomic E-state index is 3.54. The number of rotatable bonds is 7. The van der Waals surface area contributed by atoms with Gasteiger partial charge in [0.05, 0.1) is 0 Å². The zero-order valence-electron chi connectivity index (χ0n) is 15.1. The van der Waals surface area contributed by atoms with Gasteiger partial charge in [0.15, 0.2) is 0 Å². The summed E-state index contributed by atoms with van der Waals surface area (Å²) in [5.74, 6) is 0. The molecule has 1 aromatic carbocycles. The molecule has 1 N–H and O–H groups in total. The molecule has 2 nitrogen and oxygen atoms in total. The highest BCUT2D eigenvalue weighted by atomic mass is 15.2. The van der Waals surface area contributed by atoms with Crippen LogP contribution in [0, 0.1) is 0 Å². The van der Waals surface area contributed by atoms with E-state index in [-0.39, 0.29) is 11.1 Å². The highest BCUT2D eigenvalue weighted by Crippen LogP contribution is 2.19. The molecule has 1 aromatic rings. The van der Waals surface area contributed by atoms with E-state index in [4.69, 9.17) is 0 Å². The largest absolute Gasteiger partial charge is 0.312 e. The summed E-state index contributed by atoms with van der Waals surface area (Å²) < 4.78 is 0. The summed E-state index contributed by atoms with van der Waals surface area (Å²) >= 11 is 0. The van der Waals surface area contributed by atoms with Gasteiger partial charge < -0.3 is 5.32 Å². The Morgan fingerprint density at radius 3 is 1.95 bits per heavy atom. The Bertz CT molecular complexity index is 412. The smallest absolute Gasteiger partial charge is 0.0235 e. The van der Waals surface area contributed by atoms with E-state index in [1.807, 2.05) is 0 Å². The molecule has 2 heteroatoms. The van der Waals surface area contributed by atoms with E-state index in [9.17, 15) is 0 Å². The molecule has 0 heterocycles. The van der Waals surface area contributed by atoms with Gasteiger partial charge in [-0.2, -0.15) is 0 Å². The molecule has 1 rings (SSSR count). The maximum absolute atomic E-state index is 3.54.